The van der Waals surface area contributed by atoms with Crippen LogP contribution in [0, 0.1) is 5.41 Å². The summed E-state index contributed by atoms with van der Waals surface area (Å²) in [5.74, 6) is 0. The summed E-state index contributed by atoms with van der Waals surface area (Å²) in [7, 11) is 1.87. The van der Waals surface area contributed by atoms with E-state index in [-0.39, 0.29) is 11.5 Å². The first-order valence-corrected chi connectivity index (χ1v) is 3.75. The summed E-state index contributed by atoms with van der Waals surface area (Å²) >= 11 is 0. The summed E-state index contributed by atoms with van der Waals surface area (Å²) in [6, 6.07) is 0.215. The van der Waals surface area contributed by atoms with Crippen molar-refractivity contribution in [2.45, 2.75) is 26.8 Å². The first-order valence-electron chi connectivity index (χ1n) is 3.75. The molecule has 1 N–H and O–H groups in total. The van der Waals surface area contributed by atoms with Crippen molar-refractivity contribution in [3.8, 4) is 0 Å². The van der Waals surface area contributed by atoms with Gasteiger partial charge in [-0.1, -0.05) is 20.8 Å². The normalized spacial score (nSPS) is 14.2. The molecule has 0 spiro atoms. The molecule has 0 aliphatic rings. The van der Waals surface area contributed by atoms with Gasteiger partial charge in [-0.2, -0.15) is 0 Å². The summed E-state index contributed by atoms with van der Waals surface area (Å²) in [4.78, 5) is 9.90. The number of likely N-dealkylation sites (N-methyl/N-ethyl adjacent to an activating group) is 1. The van der Waals surface area contributed by atoms with Crippen LogP contribution in [0.1, 0.15) is 20.8 Å². The Morgan fingerprint density at radius 2 is 2.09 bits per heavy atom. The lowest BCUT2D eigenvalue weighted by Gasteiger charge is -2.29. The summed E-state index contributed by atoms with van der Waals surface area (Å²) in [5.41, 5.74) is 0.123. The molecule has 0 saturated heterocycles. The van der Waals surface area contributed by atoms with Crippen LogP contribution in [-0.4, -0.2) is 26.2 Å². The highest BCUT2D eigenvalue weighted by Crippen LogP contribution is 2.18. The van der Waals surface area contributed by atoms with Gasteiger partial charge in [0, 0.05) is 6.04 Å². The molecule has 0 aliphatic carbocycles. The molecule has 0 rings (SSSR count). The molecule has 1 unspecified atom stereocenters. The molecule has 1 atom stereocenters. The third-order valence-electron chi connectivity index (χ3n) is 1.72. The minimum atomic E-state index is 0.123. The molecule has 0 saturated carbocycles. The van der Waals surface area contributed by atoms with Gasteiger partial charge in [0.2, 0.25) is 0 Å². The van der Waals surface area contributed by atoms with Gasteiger partial charge in [0.15, 0.2) is 0 Å². The number of carbonyl (C=O) groups is 1. The second kappa shape index (κ2) is 4.34. The van der Waals surface area contributed by atoms with Gasteiger partial charge < -0.3 is 10.1 Å². The standard InChI is InChI=1S/C8H17NO2/c1-8(2,3)7(9-4)5-11-6-10/h6-7,9H,5H2,1-4H3. The first kappa shape index (κ1) is 10.4. The number of rotatable bonds is 4. The number of carbonyl (C=O) groups excluding carboxylic acids is 1. The van der Waals surface area contributed by atoms with Crippen LogP contribution < -0.4 is 5.32 Å². The van der Waals surface area contributed by atoms with E-state index in [4.69, 9.17) is 0 Å². The Balaban J connectivity index is 3.85. The van der Waals surface area contributed by atoms with Crippen LogP contribution in [0.5, 0.6) is 0 Å². The number of nitrogens with one attached hydrogen (secondary N) is 1. The zero-order valence-electron chi connectivity index (χ0n) is 7.68. The average Bonchev–Trinajstić information content (AvgIpc) is 1.87. The summed E-state index contributed by atoms with van der Waals surface area (Å²) in [6.07, 6.45) is 0. The Morgan fingerprint density at radius 1 is 1.55 bits per heavy atom. The van der Waals surface area contributed by atoms with Crippen molar-refractivity contribution in [1.29, 1.82) is 0 Å². The zero-order chi connectivity index (χ0) is 8.91. The Bertz CT molecular complexity index is 118. The maximum Gasteiger partial charge on any atom is 0.293 e. The van der Waals surface area contributed by atoms with E-state index in [0.717, 1.165) is 0 Å². The zero-order valence-corrected chi connectivity index (χ0v) is 7.68. The molecule has 0 aliphatic heterocycles. The molecule has 0 aromatic carbocycles. The lowest BCUT2D eigenvalue weighted by atomic mass is 9.87. The van der Waals surface area contributed by atoms with Crippen LogP contribution in [0.2, 0.25) is 0 Å². The van der Waals surface area contributed by atoms with E-state index in [1.807, 2.05) is 7.05 Å². The van der Waals surface area contributed by atoms with Gasteiger partial charge in [-0.25, -0.2) is 0 Å². The van der Waals surface area contributed by atoms with E-state index in [0.29, 0.717) is 13.1 Å². The highest BCUT2D eigenvalue weighted by atomic mass is 16.5. The highest BCUT2D eigenvalue weighted by molar-refractivity contribution is 5.37. The number of hydrogen-bond donors (Lipinski definition) is 1. The first-order chi connectivity index (χ1) is 5.02. The summed E-state index contributed by atoms with van der Waals surface area (Å²) in [5, 5.41) is 3.09. The average molecular weight is 159 g/mol. The maximum atomic E-state index is 9.90. The maximum absolute atomic E-state index is 9.90. The largest absolute Gasteiger partial charge is 0.466 e. The van der Waals surface area contributed by atoms with Crippen molar-refractivity contribution in [3.05, 3.63) is 0 Å². The summed E-state index contributed by atoms with van der Waals surface area (Å²) in [6.45, 7) is 7.21. The van der Waals surface area contributed by atoms with Gasteiger partial charge in [0.1, 0.15) is 6.61 Å². The topological polar surface area (TPSA) is 38.3 Å². The van der Waals surface area contributed by atoms with Crippen LogP contribution in [0.4, 0.5) is 0 Å². The van der Waals surface area contributed by atoms with Crippen molar-refractivity contribution in [1.82, 2.24) is 5.32 Å². The summed E-state index contributed by atoms with van der Waals surface area (Å²) < 4.78 is 4.67. The van der Waals surface area contributed by atoms with Gasteiger partial charge in [-0.3, -0.25) is 4.79 Å². The monoisotopic (exact) mass is 159 g/mol. The molecule has 0 fully saturated rings. The van der Waals surface area contributed by atoms with Crippen LogP contribution >= 0.6 is 0 Å². The quantitative estimate of drug-likeness (QED) is 0.616. The van der Waals surface area contributed by atoms with E-state index in [9.17, 15) is 4.79 Å². The molecule has 0 bridgehead atoms. The fourth-order valence-corrected chi connectivity index (χ4v) is 0.902. The van der Waals surface area contributed by atoms with Crippen LogP contribution in [0.3, 0.4) is 0 Å². The molecule has 0 amide bonds. The van der Waals surface area contributed by atoms with E-state index in [2.05, 4.69) is 30.8 Å². The molecule has 66 valence electrons. The molecule has 3 nitrogen and oxygen atoms in total. The van der Waals surface area contributed by atoms with Crippen LogP contribution in [0.15, 0.2) is 0 Å². The molecule has 0 aromatic rings. The number of ether oxygens (including phenoxy) is 1. The lowest BCUT2D eigenvalue weighted by Crippen LogP contribution is -2.41. The fourth-order valence-electron chi connectivity index (χ4n) is 0.902. The molecular formula is C8H17NO2. The number of hydrogen-bond acceptors (Lipinski definition) is 3. The Kier molecular flexibility index (Phi) is 4.11. The van der Waals surface area contributed by atoms with Crippen molar-refractivity contribution in [2.75, 3.05) is 13.7 Å². The third kappa shape index (κ3) is 3.98. The predicted molar refractivity (Wildman–Crippen MR) is 44.3 cm³/mol. The van der Waals surface area contributed by atoms with E-state index in [1.54, 1.807) is 0 Å². The van der Waals surface area contributed by atoms with Gasteiger partial charge in [-0.15, -0.1) is 0 Å². The Hall–Kier alpha value is -0.570. The van der Waals surface area contributed by atoms with Crippen molar-refractivity contribution in [3.63, 3.8) is 0 Å². The van der Waals surface area contributed by atoms with E-state index >= 15 is 0 Å². The minimum absolute atomic E-state index is 0.123. The van der Waals surface area contributed by atoms with Crippen LogP contribution in [0.25, 0.3) is 0 Å². The van der Waals surface area contributed by atoms with Crippen molar-refractivity contribution in [2.24, 2.45) is 5.41 Å². The van der Waals surface area contributed by atoms with E-state index < -0.39 is 0 Å². The smallest absolute Gasteiger partial charge is 0.293 e. The highest BCUT2D eigenvalue weighted by Gasteiger charge is 2.22. The second-order valence-corrected chi connectivity index (χ2v) is 3.64. The predicted octanol–water partition coefficient (Wildman–Crippen LogP) is 0.793. The van der Waals surface area contributed by atoms with Gasteiger partial charge >= 0.3 is 0 Å². The Morgan fingerprint density at radius 3 is 2.36 bits per heavy atom. The lowest BCUT2D eigenvalue weighted by molar-refractivity contribution is -0.130. The Labute approximate surface area is 68.1 Å². The fraction of sp³-hybridized carbons (Fsp3) is 0.875. The third-order valence-corrected chi connectivity index (χ3v) is 1.72. The molecule has 0 aromatic heterocycles. The molecule has 0 radical (unpaired) electrons. The second-order valence-electron chi connectivity index (χ2n) is 3.64. The van der Waals surface area contributed by atoms with E-state index in [1.165, 1.54) is 0 Å². The van der Waals surface area contributed by atoms with Gasteiger partial charge in [0.25, 0.3) is 6.47 Å². The van der Waals surface area contributed by atoms with Crippen LogP contribution in [-0.2, 0) is 9.53 Å². The van der Waals surface area contributed by atoms with Crippen molar-refractivity contribution < 1.29 is 9.53 Å². The minimum Gasteiger partial charge on any atom is -0.466 e. The molecule has 0 heterocycles. The SMILES string of the molecule is CNC(COC=O)C(C)(C)C. The molecule has 11 heavy (non-hydrogen) atoms. The van der Waals surface area contributed by atoms with Crippen molar-refractivity contribution >= 4 is 6.47 Å². The molecule has 3 heteroatoms. The van der Waals surface area contributed by atoms with Gasteiger partial charge in [0.05, 0.1) is 0 Å². The van der Waals surface area contributed by atoms with Gasteiger partial charge in [-0.05, 0) is 12.5 Å². The molecular weight excluding hydrogens is 142 g/mol.